The summed E-state index contributed by atoms with van der Waals surface area (Å²) in [5, 5.41) is 0. The number of amides is 1. The molecule has 0 bridgehead atoms. The van der Waals surface area contributed by atoms with Gasteiger partial charge in [-0.1, -0.05) is 0 Å². The van der Waals surface area contributed by atoms with Crippen molar-refractivity contribution in [1.82, 2.24) is 4.31 Å². The van der Waals surface area contributed by atoms with E-state index in [9.17, 15) is 4.79 Å². The highest BCUT2D eigenvalue weighted by atomic mass is 35.7. The van der Waals surface area contributed by atoms with Crippen LogP contribution in [-0.4, -0.2) is 16.8 Å². The van der Waals surface area contributed by atoms with E-state index in [4.69, 9.17) is 10.7 Å². The number of halogens is 1. The van der Waals surface area contributed by atoms with Gasteiger partial charge in [0.2, 0.25) is 5.91 Å². The zero-order valence-electron chi connectivity index (χ0n) is 3.56. The Morgan fingerprint density at radius 1 is 1.86 bits per heavy atom. The summed E-state index contributed by atoms with van der Waals surface area (Å²) in [5.74, 6) is 0.139. The van der Waals surface area contributed by atoms with Crippen LogP contribution in [0.2, 0.25) is 0 Å². The third-order valence-corrected chi connectivity index (χ3v) is 1.94. The Morgan fingerprint density at radius 2 is 2.57 bits per heavy atom. The van der Waals surface area contributed by atoms with Crippen molar-refractivity contribution in [2.24, 2.45) is 0 Å². The van der Waals surface area contributed by atoms with Crippen LogP contribution in [0.4, 0.5) is 0 Å². The van der Waals surface area contributed by atoms with Crippen LogP contribution < -0.4 is 0 Å². The second-order valence-electron chi connectivity index (χ2n) is 1.31. The van der Waals surface area contributed by atoms with E-state index in [0.717, 1.165) is 17.7 Å². The third-order valence-electron chi connectivity index (χ3n) is 0.890. The molecule has 0 atom stereocenters. The Hall–Kier alpha value is 0.110. The largest absolute Gasteiger partial charge is 0.274 e. The fourth-order valence-electron chi connectivity index (χ4n) is 0.367. The maximum atomic E-state index is 10.3. The molecule has 0 unspecified atom stereocenters. The van der Waals surface area contributed by atoms with Crippen LogP contribution in [0.15, 0.2) is 0 Å². The van der Waals surface area contributed by atoms with Crippen molar-refractivity contribution in [3.63, 3.8) is 0 Å². The summed E-state index contributed by atoms with van der Waals surface area (Å²) in [4.78, 5) is 10.3. The Bertz CT molecular complexity index is 94.9. The molecule has 40 valence electrons. The van der Waals surface area contributed by atoms with Gasteiger partial charge in [-0.3, -0.25) is 9.10 Å². The summed E-state index contributed by atoms with van der Waals surface area (Å²) in [5.41, 5.74) is 0. The Morgan fingerprint density at radius 3 is 2.57 bits per heavy atom. The molecule has 1 amide bonds. The SMILES string of the molecule is O=C1CCN1SCl. The van der Waals surface area contributed by atoms with Crippen molar-refractivity contribution in [1.29, 1.82) is 0 Å². The summed E-state index contributed by atoms with van der Waals surface area (Å²) in [6.07, 6.45) is 0.666. The first-order valence-corrected chi connectivity index (χ1v) is 3.53. The van der Waals surface area contributed by atoms with Crippen LogP contribution in [0.1, 0.15) is 6.42 Å². The maximum Gasteiger partial charge on any atom is 0.235 e. The molecule has 0 aromatic heterocycles. The molecule has 0 spiro atoms. The quantitative estimate of drug-likeness (QED) is 0.397. The smallest absolute Gasteiger partial charge is 0.235 e. The van der Waals surface area contributed by atoms with Crippen molar-refractivity contribution < 1.29 is 4.79 Å². The minimum Gasteiger partial charge on any atom is -0.274 e. The molecular weight excluding hydrogens is 134 g/mol. The second-order valence-corrected chi connectivity index (χ2v) is 2.31. The number of hydrogen-bond donors (Lipinski definition) is 0. The predicted molar refractivity (Wildman–Crippen MR) is 29.8 cm³/mol. The first-order chi connectivity index (χ1) is 3.34. The van der Waals surface area contributed by atoms with E-state index in [2.05, 4.69) is 0 Å². The van der Waals surface area contributed by atoms with Crippen LogP contribution >= 0.6 is 21.8 Å². The van der Waals surface area contributed by atoms with E-state index in [1.807, 2.05) is 0 Å². The molecule has 7 heavy (non-hydrogen) atoms. The summed E-state index contributed by atoms with van der Waals surface area (Å²) < 4.78 is 1.52. The van der Waals surface area contributed by atoms with Crippen LogP contribution in [0, 0.1) is 0 Å². The van der Waals surface area contributed by atoms with Gasteiger partial charge < -0.3 is 0 Å². The van der Waals surface area contributed by atoms with E-state index in [1.54, 1.807) is 0 Å². The average Bonchev–Trinajstić information content (AvgIpc) is 1.65. The van der Waals surface area contributed by atoms with Crippen LogP contribution in [0.25, 0.3) is 0 Å². The number of rotatable bonds is 1. The summed E-state index contributed by atoms with van der Waals surface area (Å²) in [6, 6.07) is 0. The third kappa shape index (κ3) is 0.836. The lowest BCUT2D eigenvalue weighted by molar-refractivity contribution is -0.132. The topological polar surface area (TPSA) is 20.3 Å². The van der Waals surface area contributed by atoms with E-state index >= 15 is 0 Å². The second kappa shape index (κ2) is 1.92. The molecule has 1 aliphatic rings. The first kappa shape index (κ1) is 5.25. The molecule has 0 radical (unpaired) electrons. The van der Waals surface area contributed by atoms with Crippen LogP contribution in [0.5, 0.6) is 0 Å². The Balaban J connectivity index is 2.29. The fraction of sp³-hybridized carbons (Fsp3) is 0.667. The molecule has 1 aliphatic heterocycles. The Labute approximate surface area is 50.5 Å². The van der Waals surface area contributed by atoms with Gasteiger partial charge in [0.05, 0.1) is 11.2 Å². The molecule has 0 aliphatic carbocycles. The van der Waals surface area contributed by atoms with Gasteiger partial charge in [0, 0.05) is 13.0 Å². The molecule has 1 rings (SSSR count). The minimum atomic E-state index is 0.139. The lowest BCUT2D eigenvalue weighted by Crippen LogP contribution is -2.36. The molecule has 1 heterocycles. The summed E-state index contributed by atoms with van der Waals surface area (Å²) in [6.45, 7) is 0.812. The minimum absolute atomic E-state index is 0.139. The number of carbonyl (C=O) groups is 1. The zero-order chi connectivity index (χ0) is 5.28. The molecule has 0 saturated carbocycles. The van der Waals surface area contributed by atoms with Gasteiger partial charge >= 0.3 is 0 Å². The van der Waals surface area contributed by atoms with E-state index in [-0.39, 0.29) is 5.91 Å². The molecule has 4 heteroatoms. The molecule has 0 aromatic rings. The molecular formula is C3H4ClNOS. The van der Waals surface area contributed by atoms with Gasteiger partial charge in [-0.2, -0.15) is 0 Å². The van der Waals surface area contributed by atoms with E-state index in [1.165, 1.54) is 4.31 Å². The highest BCUT2D eigenvalue weighted by Crippen LogP contribution is 2.22. The number of hydrogen-bond acceptors (Lipinski definition) is 2. The number of carbonyl (C=O) groups excluding carboxylic acids is 1. The molecule has 2 nitrogen and oxygen atoms in total. The summed E-state index contributed by atoms with van der Waals surface area (Å²) in [7, 11) is 5.22. The monoisotopic (exact) mass is 137 g/mol. The predicted octanol–water partition coefficient (Wildman–Crippen LogP) is 1.02. The summed E-state index contributed by atoms with van der Waals surface area (Å²) >= 11 is 0.976. The molecule has 0 aromatic carbocycles. The van der Waals surface area contributed by atoms with Crippen molar-refractivity contribution in [2.45, 2.75) is 6.42 Å². The van der Waals surface area contributed by atoms with Gasteiger partial charge in [0.25, 0.3) is 0 Å². The van der Waals surface area contributed by atoms with Gasteiger partial charge in [-0.25, -0.2) is 0 Å². The van der Waals surface area contributed by atoms with Crippen molar-refractivity contribution in [3.05, 3.63) is 0 Å². The molecule has 0 N–H and O–H groups in total. The highest BCUT2D eigenvalue weighted by molar-refractivity contribution is 8.19. The number of nitrogens with zero attached hydrogens (tertiary/aromatic N) is 1. The lowest BCUT2D eigenvalue weighted by atomic mass is 10.3. The average molecular weight is 138 g/mol. The highest BCUT2D eigenvalue weighted by Gasteiger charge is 2.23. The number of β-lactam (4-membered cyclic amide) rings is 1. The van der Waals surface area contributed by atoms with Gasteiger partial charge in [0.15, 0.2) is 0 Å². The normalized spacial score (nSPS) is 19.6. The fourth-order valence-corrected chi connectivity index (χ4v) is 1.13. The van der Waals surface area contributed by atoms with Gasteiger partial charge in [-0.15, -0.1) is 0 Å². The molecule has 1 saturated heterocycles. The van der Waals surface area contributed by atoms with Crippen molar-refractivity contribution in [2.75, 3.05) is 6.54 Å². The zero-order valence-corrected chi connectivity index (χ0v) is 5.13. The lowest BCUT2D eigenvalue weighted by Gasteiger charge is -2.25. The van der Waals surface area contributed by atoms with Crippen LogP contribution in [0.3, 0.4) is 0 Å². The van der Waals surface area contributed by atoms with Crippen molar-refractivity contribution in [3.8, 4) is 0 Å². The van der Waals surface area contributed by atoms with Gasteiger partial charge in [-0.05, 0) is 10.7 Å². The Kier molecular flexibility index (Phi) is 1.44. The molecule has 1 fully saturated rings. The van der Waals surface area contributed by atoms with Crippen LogP contribution in [-0.2, 0) is 4.79 Å². The maximum absolute atomic E-state index is 10.3. The van der Waals surface area contributed by atoms with Crippen molar-refractivity contribution >= 4 is 27.8 Å². The van der Waals surface area contributed by atoms with E-state index < -0.39 is 0 Å². The van der Waals surface area contributed by atoms with E-state index in [0.29, 0.717) is 6.42 Å². The van der Waals surface area contributed by atoms with Gasteiger partial charge in [0.1, 0.15) is 0 Å². The standard InChI is InChI=1S/C3H4ClNOS/c4-7-5-2-1-3(5)6/h1-2H2. The first-order valence-electron chi connectivity index (χ1n) is 1.93.